The molecule has 5 aliphatic rings. The van der Waals surface area contributed by atoms with Crippen LogP contribution in [0, 0.1) is 23.2 Å². The standard InChI is InChI=1S/C24H30N4O3/c1-15-21-26-20(22(29)25-13-19-3-2-6-31-19)14-27(21)4-5-28(15)23(30)24-10-16-7-17(11-24)9-18(8-16)12-24/h2-3,6,14-18H,4-5,7-13H2,1H3,(H,25,29). The highest BCUT2D eigenvalue weighted by Gasteiger charge is 2.56. The predicted molar refractivity (Wildman–Crippen MR) is 113 cm³/mol. The Balaban J connectivity index is 1.19. The van der Waals surface area contributed by atoms with Crippen LogP contribution in [-0.2, 0) is 17.9 Å². The van der Waals surface area contributed by atoms with Gasteiger partial charge in [-0.3, -0.25) is 9.59 Å². The summed E-state index contributed by atoms with van der Waals surface area (Å²) in [7, 11) is 0. The van der Waals surface area contributed by atoms with E-state index in [9.17, 15) is 9.59 Å². The van der Waals surface area contributed by atoms with Gasteiger partial charge in [-0.05, 0) is 75.3 Å². The minimum Gasteiger partial charge on any atom is -0.467 e. The number of nitrogens with zero attached hydrogens (tertiary/aromatic N) is 3. The van der Waals surface area contributed by atoms with Gasteiger partial charge < -0.3 is 19.2 Å². The van der Waals surface area contributed by atoms with Crippen LogP contribution in [0.15, 0.2) is 29.0 Å². The molecule has 1 N–H and O–H groups in total. The molecule has 1 aliphatic heterocycles. The number of nitrogens with one attached hydrogen (secondary N) is 1. The lowest BCUT2D eigenvalue weighted by atomic mass is 9.49. The van der Waals surface area contributed by atoms with Gasteiger partial charge in [-0.15, -0.1) is 0 Å². The molecule has 7 rings (SSSR count). The first-order chi connectivity index (χ1) is 15.0. The molecule has 31 heavy (non-hydrogen) atoms. The van der Waals surface area contributed by atoms with Crippen molar-refractivity contribution >= 4 is 11.8 Å². The van der Waals surface area contributed by atoms with Crippen LogP contribution in [0.1, 0.15) is 73.6 Å². The summed E-state index contributed by atoms with van der Waals surface area (Å²) in [5.41, 5.74) is 0.263. The lowest BCUT2D eigenvalue weighted by Crippen LogP contribution is -2.56. The molecule has 4 bridgehead atoms. The van der Waals surface area contributed by atoms with Crippen molar-refractivity contribution in [3.8, 4) is 0 Å². The Morgan fingerprint density at radius 3 is 2.52 bits per heavy atom. The van der Waals surface area contributed by atoms with Crippen molar-refractivity contribution in [2.75, 3.05) is 6.54 Å². The molecule has 4 aliphatic carbocycles. The molecule has 0 spiro atoms. The Morgan fingerprint density at radius 1 is 1.16 bits per heavy atom. The number of hydrogen-bond donors (Lipinski definition) is 1. The van der Waals surface area contributed by atoms with Gasteiger partial charge in [0.15, 0.2) is 0 Å². The zero-order valence-corrected chi connectivity index (χ0v) is 18.0. The molecule has 1 atom stereocenters. The largest absolute Gasteiger partial charge is 0.467 e. The van der Waals surface area contributed by atoms with E-state index in [1.807, 2.05) is 16.8 Å². The minimum absolute atomic E-state index is 0.110. The van der Waals surface area contributed by atoms with Crippen molar-refractivity contribution in [3.63, 3.8) is 0 Å². The normalized spacial score (nSPS) is 33.4. The van der Waals surface area contributed by atoms with Gasteiger partial charge >= 0.3 is 0 Å². The molecule has 3 heterocycles. The Bertz CT molecular complexity index is 973. The summed E-state index contributed by atoms with van der Waals surface area (Å²) >= 11 is 0. The summed E-state index contributed by atoms with van der Waals surface area (Å²) in [5.74, 6) is 3.90. The van der Waals surface area contributed by atoms with Gasteiger partial charge in [0, 0.05) is 19.3 Å². The first kappa shape index (κ1) is 19.1. The fourth-order valence-electron chi connectivity index (χ4n) is 7.23. The predicted octanol–water partition coefficient (Wildman–Crippen LogP) is 3.53. The third-order valence-corrected chi connectivity index (χ3v) is 8.22. The van der Waals surface area contributed by atoms with E-state index in [-0.39, 0.29) is 17.4 Å². The van der Waals surface area contributed by atoms with E-state index < -0.39 is 0 Å². The molecule has 7 heteroatoms. The molecular weight excluding hydrogens is 392 g/mol. The average molecular weight is 423 g/mol. The van der Waals surface area contributed by atoms with Crippen LogP contribution < -0.4 is 5.32 Å². The van der Waals surface area contributed by atoms with Crippen LogP contribution in [-0.4, -0.2) is 32.8 Å². The van der Waals surface area contributed by atoms with Gasteiger partial charge in [0.1, 0.15) is 17.3 Å². The molecule has 164 valence electrons. The van der Waals surface area contributed by atoms with Crippen LogP contribution in [0.2, 0.25) is 0 Å². The number of amides is 2. The Kier molecular flexibility index (Phi) is 4.30. The smallest absolute Gasteiger partial charge is 0.271 e. The maximum absolute atomic E-state index is 13.8. The topological polar surface area (TPSA) is 80.4 Å². The van der Waals surface area contributed by atoms with Crippen LogP contribution in [0.3, 0.4) is 0 Å². The van der Waals surface area contributed by atoms with Crippen molar-refractivity contribution in [1.82, 2.24) is 19.8 Å². The highest BCUT2D eigenvalue weighted by atomic mass is 16.3. The number of hydrogen-bond acceptors (Lipinski definition) is 4. The maximum atomic E-state index is 13.8. The zero-order chi connectivity index (χ0) is 21.2. The number of rotatable bonds is 4. The molecule has 2 amide bonds. The Hall–Kier alpha value is -2.57. The van der Waals surface area contributed by atoms with E-state index in [0.717, 1.165) is 42.8 Å². The SMILES string of the molecule is CC1c2nc(C(=O)NCc3ccco3)cn2CCN1C(=O)C12CC3CC(CC(C3)C1)C2. The number of carbonyl (C=O) groups excluding carboxylic acids is 2. The summed E-state index contributed by atoms with van der Waals surface area (Å²) in [6.07, 6.45) is 10.7. The highest BCUT2D eigenvalue weighted by molar-refractivity contribution is 5.92. The summed E-state index contributed by atoms with van der Waals surface area (Å²) < 4.78 is 7.31. The molecule has 7 nitrogen and oxygen atoms in total. The number of aromatic nitrogens is 2. The van der Waals surface area contributed by atoms with Gasteiger partial charge in [-0.1, -0.05) is 0 Å². The molecule has 4 fully saturated rings. The number of fused-ring (bicyclic) bond motifs is 1. The number of imidazole rings is 1. The molecule has 0 radical (unpaired) electrons. The van der Waals surface area contributed by atoms with Crippen LogP contribution in [0.4, 0.5) is 0 Å². The fraction of sp³-hybridized carbons (Fsp3) is 0.625. The first-order valence-corrected chi connectivity index (χ1v) is 11.7. The molecule has 2 aromatic rings. The third-order valence-electron chi connectivity index (χ3n) is 8.22. The Labute approximate surface area is 182 Å². The summed E-state index contributed by atoms with van der Waals surface area (Å²) in [4.78, 5) is 33.1. The van der Waals surface area contributed by atoms with Crippen molar-refractivity contribution < 1.29 is 14.0 Å². The lowest BCUT2D eigenvalue weighted by molar-refractivity contribution is -0.161. The molecular formula is C24H30N4O3. The number of carbonyl (C=O) groups is 2. The van der Waals surface area contributed by atoms with E-state index in [1.54, 1.807) is 12.3 Å². The first-order valence-electron chi connectivity index (χ1n) is 11.7. The quantitative estimate of drug-likeness (QED) is 0.817. The van der Waals surface area contributed by atoms with E-state index in [1.165, 1.54) is 19.3 Å². The van der Waals surface area contributed by atoms with Gasteiger partial charge in [-0.2, -0.15) is 0 Å². The zero-order valence-electron chi connectivity index (χ0n) is 18.0. The van der Waals surface area contributed by atoms with Crippen molar-refractivity contribution in [2.24, 2.45) is 23.2 Å². The van der Waals surface area contributed by atoms with Crippen molar-refractivity contribution in [3.05, 3.63) is 41.9 Å². The van der Waals surface area contributed by atoms with Gasteiger partial charge in [0.25, 0.3) is 5.91 Å². The van der Waals surface area contributed by atoms with E-state index in [0.29, 0.717) is 37.0 Å². The van der Waals surface area contributed by atoms with Crippen LogP contribution in [0.25, 0.3) is 0 Å². The maximum Gasteiger partial charge on any atom is 0.271 e. The van der Waals surface area contributed by atoms with Crippen LogP contribution in [0.5, 0.6) is 0 Å². The second-order valence-corrected chi connectivity index (χ2v) is 10.3. The second-order valence-electron chi connectivity index (χ2n) is 10.3. The average Bonchev–Trinajstić information content (AvgIpc) is 3.41. The second kappa shape index (κ2) is 6.97. The van der Waals surface area contributed by atoms with Crippen molar-refractivity contribution in [2.45, 2.75) is 64.6 Å². The number of furan rings is 1. The third kappa shape index (κ3) is 3.12. The summed E-state index contributed by atoms with van der Waals surface area (Å²) in [6.45, 7) is 3.77. The lowest BCUT2D eigenvalue weighted by Gasteiger charge is -2.57. The van der Waals surface area contributed by atoms with Crippen molar-refractivity contribution in [1.29, 1.82) is 0 Å². The molecule has 2 aromatic heterocycles. The van der Waals surface area contributed by atoms with Gasteiger partial charge in [0.2, 0.25) is 5.91 Å². The monoisotopic (exact) mass is 422 g/mol. The minimum atomic E-state index is -0.218. The van der Waals surface area contributed by atoms with Crippen LogP contribution >= 0.6 is 0 Å². The molecule has 1 unspecified atom stereocenters. The summed E-state index contributed by atoms with van der Waals surface area (Å²) in [6, 6.07) is 3.52. The molecule has 4 saturated carbocycles. The van der Waals surface area contributed by atoms with Gasteiger partial charge in [0.05, 0.1) is 24.3 Å². The molecule has 0 aromatic carbocycles. The van der Waals surface area contributed by atoms with E-state index in [2.05, 4.69) is 22.1 Å². The molecule has 0 saturated heterocycles. The van der Waals surface area contributed by atoms with E-state index >= 15 is 0 Å². The van der Waals surface area contributed by atoms with Gasteiger partial charge in [-0.25, -0.2) is 4.98 Å². The summed E-state index contributed by atoms with van der Waals surface area (Å²) in [5, 5.41) is 2.86. The fourth-order valence-corrected chi connectivity index (χ4v) is 7.23. The van der Waals surface area contributed by atoms with E-state index in [4.69, 9.17) is 4.42 Å². The Morgan fingerprint density at radius 2 is 1.87 bits per heavy atom. The highest BCUT2D eigenvalue weighted by Crippen LogP contribution is 2.61.